The number of nitrogens with one attached hydrogen (secondary N) is 1. The third-order valence-corrected chi connectivity index (χ3v) is 11.6. The molecule has 0 saturated carbocycles. The van der Waals surface area contributed by atoms with E-state index in [-0.39, 0.29) is 82.0 Å². The smallest absolute Gasteiger partial charge is 0.497 e. The molecule has 0 saturated heterocycles. The molecule has 69 heavy (non-hydrogen) atoms. The number of hydrogen-bond donors (Lipinski definition) is 6. The van der Waals surface area contributed by atoms with Gasteiger partial charge in [0.25, 0.3) is 0 Å². The van der Waals surface area contributed by atoms with Crippen LogP contribution in [0.25, 0.3) is 44.7 Å². The van der Waals surface area contributed by atoms with Gasteiger partial charge in [-0.1, -0.05) is 17.6 Å². The number of ether oxygens (including phenoxy) is 2. The predicted molar refractivity (Wildman–Crippen MR) is 287 cm³/mol. The van der Waals surface area contributed by atoms with Crippen molar-refractivity contribution in [3.8, 4) is 45.1 Å². The minimum Gasteiger partial charge on any atom is -0.497 e. The number of aldehydes is 2. The number of methoxy groups -OCH3 is 2. The van der Waals surface area contributed by atoms with E-state index in [0.29, 0.717) is 52.0 Å². The van der Waals surface area contributed by atoms with Crippen LogP contribution in [-0.2, 0) is 0 Å². The number of H-pyrrole nitrogens is 1. The van der Waals surface area contributed by atoms with Crippen molar-refractivity contribution in [2.75, 3.05) is 42.9 Å². The molecular formula is C44H42BCl2F3IKN10O4S3. The molecule has 0 amide bonds. The Morgan fingerprint density at radius 2 is 1.23 bits per heavy atom. The Morgan fingerprint density at radius 3 is 1.77 bits per heavy atom. The SMILES string of the molecule is COc1ccc2nc(-c3cc(-c4ccsc4)cnc3N)[nH]c2c1.COc1cnc(N)c(N)c1.Cl.Cl.F[B-](F)(F)c1ccsc1.Nc1ccc(-c2ccsc2)cc1C=O.Nc1ncc(I)cc1C=O.[K+]. The number of imidazole rings is 1. The fourth-order valence-electron chi connectivity index (χ4n) is 5.38. The molecule has 0 aliphatic heterocycles. The maximum Gasteiger partial charge on any atom is 1.00 e. The van der Waals surface area contributed by atoms with Gasteiger partial charge in [-0.3, -0.25) is 9.59 Å². The number of nitrogens with zero attached hydrogens (tertiary/aromatic N) is 4. The minimum absolute atomic E-state index is 0. The summed E-state index contributed by atoms with van der Waals surface area (Å²) in [4.78, 5) is 40.7. The van der Waals surface area contributed by atoms with Gasteiger partial charge < -0.3 is 56.1 Å². The first-order chi connectivity index (χ1) is 31.6. The maximum atomic E-state index is 11.7. The first-order valence-electron chi connectivity index (χ1n) is 19.0. The van der Waals surface area contributed by atoms with Gasteiger partial charge in [0.05, 0.1) is 48.3 Å². The van der Waals surface area contributed by atoms with Crippen LogP contribution in [-0.4, -0.2) is 58.7 Å². The second kappa shape index (κ2) is 29.4. The van der Waals surface area contributed by atoms with Crippen molar-refractivity contribution in [1.82, 2.24) is 24.9 Å². The van der Waals surface area contributed by atoms with Gasteiger partial charge in [-0.25, -0.2) is 19.9 Å². The van der Waals surface area contributed by atoms with Gasteiger partial charge in [-0.2, -0.15) is 34.0 Å². The summed E-state index contributed by atoms with van der Waals surface area (Å²) < 4.78 is 46.1. The van der Waals surface area contributed by atoms with Gasteiger partial charge >= 0.3 is 58.4 Å². The van der Waals surface area contributed by atoms with Crippen LogP contribution >= 0.6 is 81.4 Å². The van der Waals surface area contributed by atoms with Crippen molar-refractivity contribution in [3.05, 3.63) is 138 Å². The van der Waals surface area contributed by atoms with Crippen molar-refractivity contribution >= 4 is 146 Å². The third-order valence-electron chi connectivity index (χ3n) is 8.91. The van der Waals surface area contributed by atoms with E-state index >= 15 is 0 Å². The van der Waals surface area contributed by atoms with Crippen LogP contribution in [0.3, 0.4) is 0 Å². The van der Waals surface area contributed by atoms with Crippen molar-refractivity contribution in [3.63, 3.8) is 0 Å². The molecule has 11 N–H and O–H groups in total. The van der Waals surface area contributed by atoms with E-state index in [9.17, 15) is 22.5 Å². The summed E-state index contributed by atoms with van der Waals surface area (Å²) in [5.41, 5.74) is 36.2. The van der Waals surface area contributed by atoms with Crippen LogP contribution in [0.1, 0.15) is 20.7 Å². The van der Waals surface area contributed by atoms with Crippen LogP contribution in [0.4, 0.5) is 41.8 Å². The first kappa shape index (κ1) is 60.3. The largest absolute Gasteiger partial charge is 1.00 e. The van der Waals surface area contributed by atoms with Crippen molar-refractivity contribution in [2.24, 2.45) is 0 Å². The molecule has 356 valence electrons. The Labute approximate surface area is 475 Å². The number of carbonyl (C=O) groups excluding carboxylic acids is 2. The van der Waals surface area contributed by atoms with Crippen LogP contribution in [0.15, 0.2) is 124 Å². The topological polar surface area (TPSA) is 250 Å². The number of rotatable bonds is 8. The van der Waals surface area contributed by atoms with Crippen LogP contribution < -0.4 is 95.0 Å². The van der Waals surface area contributed by atoms with Crippen molar-refractivity contribution in [2.45, 2.75) is 0 Å². The number of aromatic amines is 1. The van der Waals surface area contributed by atoms with E-state index in [1.165, 1.54) is 11.6 Å². The van der Waals surface area contributed by atoms with E-state index in [1.807, 2.05) is 58.6 Å². The number of nitrogens with two attached hydrogens (primary N) is 5. The quantitative estimate of drug-likeness (QED) is 0.0369. The zero-order valence-electron chi connectivity index (χ0n) is 36.7. The zero-order chi connectivity index (χ0) is 47.8. The van der Waals surface area contributed by atoms with E-state index in [0.717, 1.165) is 77.2 Å². The number of benzene rings is 2. The number of anilines is 5. The summed E-state index contributed by atoms with van der Waals surface area (Å²) in [7, 11) is 3.19. The average molecular weight is 1180 g/mol. The van der Waals surface area contributed by atoms with Gasteiger partial charge in [0, 0.05) is 44.9 Å². The fraction of sp³-hybridized carbons (Fsp3) is 0.0455. The predicted octanol–water partition coefficient (Wildman–Crippen LogP) is 7.74. The van der Waals surface area contributed by atoms with Gasteiger partial charge in [0.15, 0.2) is 12.6 Å². The molecule has 9 aromatic rings. The van der Waals surface area contributed by atoms with Crippen LogP contribution in [0.2, 0.25) is 0 Å². The molecule has 14 nitrogen and oxygen atoms in total. The zero-order valence-corrected chi connectivity index (χ0v) is 46.1. The summed E-state index contributed by atoms with van der Waals surface area (Å²) in [5, 5.41) is 10.7. The molecule has 0 bridgehead atoms. The minimum atomic E-state index is -4.75. The molecule has 0 unspecified atom stereocenters. The summed E-state index contributed by atoms with van der Waals surface area (Å²) in [6.45, 7) is -4.75. The van der Waals surface area contributed by atoms with Gasteiger partial charge in [0.2, 0.25) is 0 Å². The second-order valence-electron chi connectivity index (χ2n) is 13.3. The normalized spacial score (nSPS) is 9.94. The summed E-state index contributed by atoms with van der Waals surface area (Å²) in [6, 6.07) is 21.7. The third kappa shape index (κ3) is 17.8. The first-order valence-corrected chi connectivity index (χ1v) is 22.9. The monoisotopic (exact) mass is 1170 g/mol. The standard InChI is InChI=1S/C17H14N4OS.C11H9NOS.C6H5IN2O.C6H9N3O.C4H3BF3S.2ClH.K/c1-22-12-2-3-14-15(7-12)21-17(20-14)13-6-11(8-19-16(13)18)10-4-5-23-9-10;12-11-2-1-8(5-10(11)6-13)9-3-4-14-7-9;7-5-1-4(3-10)6(8)9-2-5;1-10-4-2-5(7)6(8)9-3-4;6-5(7,8)4-1-2-9-3-4;;;/h2-9H,1H3,(H2,18,19)(H,20,21);1-7H,12H2;1-3H,(H2,8,9);2-3H,7H2,1H3,(H2,8,9);1-3H;2*1H;/q;;;;-1;;;+1. The number of thiophene rings is 3. The molecule has 0 aliphatic carbocycles. The van der Waals surface area contributed by atoms with E-state index in [2.05, 4.69) is 59.0 Å². The molecular weight excluding hydrogens is 1130 g/mol. The molecule has 0 aliphatic rings. The molecule has 0 spiro atoms. The number of carbonyl (C=O) groups is 2. The maximum absolute atomic E-state index is 11.7. The van der Waals surface area contributed by atoms with Crippen molar-refractivity contribution in [1.29, 1.82) is 0 Å². The average Bonchev–Trinajstić information content (AvgIpc) is 4.18. The molecule has 2 aromatic carbocycles. The number of halogens is 6. The molecule has 25 heteroatoms. The Bertz CT molecular complexity index is 3000. The van der Waals surface area contributed by atoms with Crippen LogP contribution in [0.5, 0.6) is 11.5 Å². The van der Waals surface area contributed by atoms with Crippen molar-refractivity contribution < 1.29 is 83.4 Å². The number of pyridine rings is 3. The number of hydrogen-bond acceptors (Lipinski definition) is 16. The summed E-state index contributed by atoms with van der Waals surface area (Å²) in [5.74, 6) is 3.18. The number of aromatic nitrogens is 5. The molecule has 7 aromatic heterocycles. The Hall–Kier alpha value is -4.80. The Kier molecular flexibility index (Phi) is 25.7. The van der Waals surface area contributed by atoms with Gasteiger partial charge in [0.1, 0.15) is 34.8 Å². The molecule has 9 rings (SSSR count). The van der Waals surface area contributed by atoms with Gasteiger partial charge in [-0.15, -0.1) is 24.8 Å². The summed E-state index contributed by atoms with van der Waals surface area (Å²) in [6.07, 6.45) is 6.40. The van der Waals surface area contributed by atoms with Crippen LogP contribution in [0, 0.1) is 3.57 Å². The summed E-state index contributed by atoms with van der Waals surface area (Å²) >= 11 is 6.41. The Balaban J connectivity index is 0.000000310. The van der Waals surface area contributed by atoms with E-state index in [4.69, 9.17) is 38.1 Å². The Morgan fingerprint density at radius 1 is 0.623 bits per heavy atom. The van der Waals surface area contributed by atoms with E-state index < -0.39 is 12.4 Å². The molecule has 7 heterocycles. The number of nitrogen functional groups attached to an aromatic ring is 5. The molecule has 0 radical (unpaired) electrons. The van der Waals surface area contributed by atoms with E-state index in [1.54, 1.807) is 67.5 Å². The molecule has 0 atom stereocenters. The number of fused-ring (bicyclic) bond motifs is 1. The van der Waals surface area contributed by atoms with Gasteiger partial charge in [-0.05, 0) is 120 Å². The fourth-order valence-corrected chi connectivity index (χ4v) is 7.89. The second-order valence-corrected chi connectivity index (χ2v) is 16.9. The molecule has 0 fully saturated rings.